The van der Waals surface area contributed by atoms with Crippen LogP contribution in [0.2, 0.25) is 0 Å². The second-order valence-corrected chi connectivity index (χ2v) is 7.82. The third-order valence-electron chi connectivity index (χ3n) is 5.65. The number of nitrogens with one attached hydrogen (secondary N) is 1. The summed E-state index contributed by atoms with van der Waals surface area (Å²) in [6.07, 6.45) is 7.35. The molecule has 152 valence electrons. The fraction of sp³-hybridized carbons (Fsp3) is 0.304. The van der Waals surface area contributed by atoms with Gasteiger partial charge in [0, 0.05) is 12.2 Å². The van der Waals surface area contributed by atoms with E-state index in [1.165, 1.54) is 10.9 Å². The second-order valence-electron chi connectivity index (χ2n) is 7.82. The first-order valence-corrected chi connectivity index (χ1v) is 10.1. The van der Waals surface area contributed by atoms with Gasteiger partial charge < -0.3 is 10.4 Å². The molecule has 0 spiro atoms. The van der Waals surface area contributed by atoms with E-state index in [1.807, 2.05) is 0 Å². The highest BCUT2D eigenvalue weighted by Gasteiger charge is 2.21. The number of rotatable bonds is 4. The molecule has 0 unspecified atom stereocenters. The van der Waals surface area contributed by atoms with E-state index in [0.29, 0.717) is 22.5 Å². The minimum absolute atomic E-state index is 0.0549. The van der Waals surface area contributed by atoms with Gasteiger partial charge in [-0.1, -0.05) is 19.1 Å². The van der Waals surface area contributed by atoms with Gasteiger partial charge in [0.1, 0.15) is 0 Å². The summed E-state index contributed by atoms with van der Waals surface area (Å²) in [5.41, 5.74) is 2.31. The van der Waals surface area contributed by atoms with Crippen LogP contribution in [0.4, 0.5) is 0 Å². The van der Waals surface area contributed by atoms with E-state index in [9.17, 15) is 9.90 Å². The van der Waals surface area contributed by atoms with Crippen LogP contribution in [-0.4, -0.2) is 31.8 Å². The van der Waals surface area contributed by atoms with Crippen molar-refractivity contribution in [3.05, 3.63) is 59.9 Å². The SMILES string of the molecule is CC1CCC(NC(=O)c2ccc(-n3ncc(-c4ccc(C#N)cc4)c3O)nc2)CC1. The van der Waals surface area contributed by atoms with E-state index in [0.717, 1.165) is 37.2 Å². The van der Waals surface area contributed by atoms with Gasteiger partial charge in [-0.15, -0.1) is 0 Å². The summed E-state index contributed by atoms with van der Waals surface area (Å²) >= 11 is 0. The summed E-state index contributed by atoms with van der Waals surface area (Å²) < 4.78 is 1.32. The number of hydrogen-bond donors (Lipinski definition) is 2. The number of carbonyl (C=O) groups is 1. The Morgan fingerprint density at radius 1 is 1.13 bits per heavy atom. The molecule has 0 saturated heterocycles. The van der Waals surface area contributed by atoms with Crippen LogP contribution in [0.5, 0.6) is 5.88 Å². The zero-order valence-electron chi connectivity index (χ0n) is 16.7. The van der Waals surface area contributed by atoms with Gasteiger partial charge in [0.2, 0.25) is 5.88 Å². The Bertz CT molecular complexity index is 1070. The minimum Gasteiger partial charge on any atom is -0.493 e. The van der Waals surface area contributed by atoms with Crippen molar-refractivity contribution in [3.63, 3.8) is 0 Å². The lowest BCUT2D eigenvalue weighted by molar-refractivity contribution is 0.0922. The van der Waals surface area contributed by atoms with Gasteiger partial charge >= 0.3 is 0 Å². The van der Waals surface area contributed by atoms with Gasteiger partial charge in [-0.3, -0.25) is 4.79 Å². The standard InChI is InChI=1S/C23H23N5O2/c1-15-2-9-19(10-3-15)27-22(29)18-8-11-21(25-13-18)28-23(30)20(14-26-28)17-6-4-16(12-24)5-7-17/h4-8,11,13-15,19,30H,2-3,9-10H2,1H3,(H,27,29). The zero-order valence-corrected chi connectivity index (χ0v) is 16.7. The highest BCUT2D eigenvalue weighted by Crippen LogP contribution is 2.30. The number of nitriles is 1. The van der Waals surface area contributed by atoms with Gasteiger partial charge in [0.25, 0.3) is 5.91 Å². The van der Waals surface area contributed by atoms with Crippen LogP contribution in [0.1, 0.15) is 48.5 Å². The lowest BCUT2D eigenvalue weighted by atomic mass is 9.87. The fourth-order valence-electron chi connectivity index (χ4n) is 3.76. The molecule has 2 N–H and O–H groups in total. The Balaban J connectivity index is 1.48. The number of hydrogen-bond acceptors (Lipinski definition) is 5. The quantitative estimate of drug-likeness (QED) is 0.692. The molecule has 0 radical (unpaired) electrons. The molecule has 2 aromatic heterocycles. The second kappa shape index (κ2) is 8.37. The molecule has 7 heteroatoms. The number of nitrogens with zero attached hydrogens (tertiary/aromatic N) is 4. The number of aromatic nitrogens is 3. The molecule has 4 rings (SSSR count). The third-order valence-corrected chi connectivity index (χ3v) is 5.65. The monoisotopic (exact) mass is 401 g/mol. The average Bonchev–Trinajstić information content (AvgIpc) is 3.16. The first kappa shape index (κ1) is 19.6. The molecule has 3 aromatic rings. The van der Waals surface area contributed by atoms with Crippen LogP contribution in [0.25, 0.3) is 16.9 Å². The molecule has 1 fully saturated rings. The smallest absolute Gasteiger partial charge is 0.253 e. The van der Waals surface area contributed by atoms with E-state index >= 15 is 0 Å². The molecule has 1 amide bonds. The fourth-order valence-corrected chi connectivity index (χ4v) is 3.76. The molecule has 0 aliphatic heterocycles. The zero-order chi connectivity index (χ0) is 21.1. The molecule has 1 aliphatic rings. The lowest BCUT2D eigenvalue weighted by Gasteiger charge is -2.26. The largest absolute Gasteiger partial charge is 0.493 e. The Labute approximate surface area is 175 Å². The molecule has 1 aromatic carbocycles. The van der Waals surface area contributed by atoms with Gasteiger partial charge in [-0.2, -0.15) is 15.0 Å². The van der Waals surface area contributed by atoms with Crippen molar-refractivity contribution in [2.45, 2.75) is 38.6 Å². The Kier molecular flexibility index (Phi) is 5.48. The number of aromatic hydroxyl groups is 1. The average molecular weight is 401 g/mol. The number of carbonyl (C=O) groups excluding carboxylic acids is 1. The van der Waals surface area contributed by atoms with Crippen LogP contribution < -0.4 is 5.32 Å². The number of benzene rings is 1. The van der Waals surface area contributed by atoms with E-state index in [4.69, 9.17) is 5.26 Å². The normalized spacial score (nSPS) is 18.5. The first-order valence-electron chi connectivity index (χ1n) is 10.1. The summed E-state index contributed by atoms with van der Waals surface area (Å²) in [6.45, 7) is 2.25. The van der Waals surface area contributed by atoms with Crippen molar-refractivity contribution >= 4 is 5.91 Å². The minimum atomic E-state index is -0.128. The summed E-state index contributed by atoms with van der Waals surface area (Å²) in [7, 11) is 0. The summed E-state index contributed by atoms with van der Waals surface area (Å²) in [5.74, 6) is 0.961. The van der Waals surface area contributed by atoms with Crippen molar-refractivity contribution in [3.8, 4) is 28.9 Å². The van der Waals surface area contributed by atoms with E-state index in [-0.39, 0.29) is 17.8 Å². The van der Waals surface area contributed by atoms with Gasteiger partial charge in [0.15, 0.2) is 5.82 Å². The molecule has 0 bridgehead atoms. The van der Waals surface area contributed by atoms with Crippen LogP contribution in [0.15, 0.2) is 48.8 Å². The van der Waals surface area contributed by atoms with Crippen molar-refractivity contribution in [2.24, 2.45) is 5.92 Å². The van der Waals surface area contributed by atoms with Gasteiger partial charge in [-0.25, -0.2) is 4.98 Å². The maximum Gasteiger partial charge on any atom is 0.253 e. The maximum absolute atomic E-state index is 12.5. The van der Waals surface area contributed by atoms with Crippen LogP contribution in [0, 0.1) is 17.2 Å². The van der Waals surface area contributed by atoms with Crippen molar-refractivity contribution in [2.75, 3.05) is 0 Å². The summed E-state index contributed by atoms with van der Waals surface area (Å²) in [5, 5.41) is 26.8. The Morgan fingerprint density at radius 2 is 1.87 bits per heavy atom. The predicted molar refractivity (Wildman–Crippen MR) is 112 cm³/mol. The van der Waals surface area contributed by atoms with Gasteiger partial charge in [-0.05, 0) is 61.4 Å². The van der Waals surface area contributed by atoms with Crippen molar-refractivity contribution in [1.29, 1.82) is 5.26 Å². The topological polar surface area (TPSA) is 104 Å². The maximum atomic E-state index is 12.5. The van der Waals surface area contributed by atoms with Crippen LogP contribution in [-0.2, 0) is 0 Å². The molecular formula is C23H23N5O2. The third kappa shape index (κ3) is 4.03. The predicted octanol–water partition coefficient (Wildman–Crippen LogP) is 3.82. The van der Waals surface area contributed by atoms with E-state index < -0.39 is 0 Å². The van der Waals surface area contributed by atoms with Crippen molar-refractivity contribution < 1.29 is 9.90 Å². The molecule has 1 saturated carbocycles. The van der Waals surface area contributed by atoms with E-state index in [1.54, 1.807) is 42.6 Å². The lowest BCUT2D eigenvalue weighted by Crippen LogP contribution is -2.37. The molecule has 1 aliphatic carbocycles. The highest BCUT2D eigenvalue weighted by molar-refractivity contribution is 5.94. The molecule has 7 nitrogen and oxygen atoms in total. The molecule has 0 atom stereocenters. The molecule has 2 heterocycles. The molecular weight excluding hydrogens is 378 g/mol. The summed E-state index contributed by atoms with van der Waals surface area (Å²) in [4.78, 5) is 16.8. The molecule has 30 heavy (non-hydrogen) atoms. The van der Waals surface area contributed by atoms with Crippen LogP contribution in [0.3, 0.4) is 0 Å². The van der Waals surface area contributed by atoms with E-state index in [2.05, 4.69) is 28.4 Å². The Morgan fingerprint density at radius 3 is 2.50 bits per heavy atom. The van der Waals surface area contributed by atoms with Gasteiger partial charge in [0.05, 0.1) is 29.0 Å². The van der Waals surface area contributed by atoms with Crippen LogP contribution >= 0.6 is 0 Å². The highest BCUT2D eigenvalue weighted by atomic mass is 16.3. The van der Waals surface area contributed by atoms with Crippen molar-refractivity contribution in [1.82, 2.24) is 20.1 Å². The number of amides is 1. The summed E-state index contributed by atoms with van der Waals surface area (Å²) in [6, 6.07) is 12.5. The number of pyridine rings is 1. The Hall–Kier alpha value is -3.66. The first-order chi connectivity index (χ1) is 14.5.